The number of amides is 2. The maximum atomic E-state index is 11.7. The number of hydrogen-bond acceptors (Lipinski definition) is 2. The zero-order valence-electron chi connectivity index (χ0n) is 11.8. The summed E-state index contributed by atoms with van der Waals surface area (Å²) < 4.78 is 0. The molecule has 4 nitrogen and oxygen atoms in total. The van der Waals surface area contributed by atoms with E-state index in [1.807, 2.05) is 45.0 Å². The van der Waals surface area contributed by atoms with Crippen molar-refractivity contribution >= 4 is 11.8 Å². The number of benzene rings is 1. The predicted molar refractivity (Wildman–Crippen MR) is 75.8 cm³/mol. The molecule has 0 aliphatic heterocycles. The van der Waals surface area contributed by atoms with Gasteiger partial charge in [0.05, 0.1) is 13.0 Å². The molecule has 0 aliphatic rings. The van der Waals surface area contributed by atoms with E-state index >= 15 is 0 Å². The molecule has 1 unspecified atom stereocenters. The van der Waals surface area contributed by atoms with Crippen molar-refractivity contribution in [3.05, 3.63) is 35.4 Å². The molecular weight excluding hydrogens is 240 g/mol. The zero-order chi connectivity index (χ0) is 14.3. The lowest BCUT2D eigenvalue weighted by atomic mass is 10.1. The van der Waals surface area contributed by atoms with Crippen LogP contribution in [0.15, 0.2) is 24.3 Å². The van der Waals surface area contributed by atoms with Crippen molar-refractivity contribution in [2.45, 2.75) is 39.7 Å². The monoisotopic (exact) mass is 262 g/mol. The van der Waals surface area contributed by atoms with Gasteiger partial charge in [-0.05, 0) is 25.8 Å². The van der Waals surface area contributed by atoms with Crippen LogP contribution in [0.4, 0.5) is 0 Å². The number of carbonyl (C=O) groups excluding carboxylic acids is 2. The van der Waals surface area contributed by atoms with Gasteiger partial charge in [0.15, 0.2) is 0 Å². The van der Waals surface area contributed by atoms with Crippen LogP contribution in [0.2, 0.25) is 0 Å². The van der Waals surface area contributed by atoms with Crippen molar-refractivity contribution in [3.63, 3.8) is 0 Å². The molecule has 0 heterocycles. The van der Waals surface area contributed by atoms with Crippen LogP contribution in [0.25, 0.3) is 0 Å². The average molecular weight is 262 g/mol. The highest BCUT2D eigenvalue weighted by Crippen LogP contribution is 2.04. The summed E-state index contributed by atoms with van der Waals surface area (Å²) in [6.07, 6.45) is 1.18. The molecule has 1 aromatic carbocycles. The van der Waals surface area contributed by atoms with Gasteiger partial charge in [-0.15, -0.1) is 0 Å². The maximum absolute atomic E-state index is 11.7. The summed E-state index contributed by atoms with van der Waals surface area (Å²) in [6, 6.07) is 7.93. The minimum absolute atomic E-state index is 0.0367. The largest absolute Gasteiger partial charge is 0.352 e. The van der Waals surface area contributed by atoms with Crippen LogP contribution >= 0.6 is 0 Å². The van der Waals surface area contributed by atoms with E-state index in [9.17, 15) is 9.59 Å². The van der Waals surface area contributed by atoms with Crippen LogP contribution in [-0.4, -0.2) is 24.4 Å². The molecule has 0 fully saturated rings. The fourth-order valence-corrected chi connectivity index (χ4v) is 1.68. The Hall–Kier alpha value is -1.84. The average Bonchev–Trinajstić information content (AvgIpc) is 2.36. The first-order valence-corrected chi connectivity index (χ1v) is 6.63. The van der Waals surface area contributed by atoms with Gasteiger partial charge in [0.1, 0.15) is 0 Å². The Bertz CT molecular complexity index is 444. The van der Waals surface area contributed by atoms with Crippen molar-refractivity contribution < 1.29 is 9.59 Å². The van der Waals surface area contributed by atoms with Gasteiger partial charge in [-0.1, -0.05) is 36.8 Å². The molecule has 0 saturated heterocycles. The SMILES string of the molecule is CCC(C)NC(=O)CNC(=O)Cc1cccc(C)c1. The molecule has 2 amide bonds. The highest BCUT2D eigenvalue weighted by molar-refractivity contribution is 5.85. The van der Waals surface area contributed by atoms with Gasteiger partial charge in [0.2, 0.25) is 11.8 Å². The van der Waals surface area contributed by atoms with E-state index in [0.29, 0.717) is 6.42 Å². The van der Waals surface area contributed by atoms with Gasteiger partial charge < -0.3 is 10.6 Å². The second-order valence-corrected chi connectivity index (χ2v) is 4.82. The second kappa shape index (κ2) is 7.56. The molecule has 0 radical (unpaired) electrons. The standard InChI is InChI=1S/C15H22N2O2/c1-4-12(3)17-15(19)10-16-14(18)9-13-7-5-6-11(2)8-13/h5-8,12H,4,9-10H2,1-3H3,(H,16,18)(H,17,19). The molecule has 1 atom stereocenters. The Morgan fingerprint density at radius 1 is 1.26 bits per heavy atom. The van der Waals surface area contributed by atoms with Crippen molar-refractivity contribution in [1.29, 1.82) is 0 Å². The molecule has 4 heteroatoms. The quantitative estimate of drug-likeness (QED) is 0.817. The van der Waals surface area contributed by atoms with Crippen molar-refractivity contribution in [2.75, 3.05) is 6.54 Å². The molecule has 0 spiro atoms. The topological polar surface area (TPSA) is 58.2 Å². The molecule has 0 saturated carbocycles. The Kier molecular flexibility index (Phi) is 6.06. The van der Waals surface area contributed by atoms with Crippen LogP contribution in [-0.2, 0) is 16.0 Å². The first-order valence-electron chi connectivity index (χ1n) is 6.63. The third-order valence-corrected chi connectivity index (χ3v) is 2.91. The van der Waals surface area contributed by atoms with Crippen LogP contribution < -0.4 is 10.6 Å². The van der Waals surface area contributed by atoms with E-state index in [4.69, 9.17) is 0 Å². The minimum Gasteiger partial charge on any atom is -0.352 e. The van der Waals surface area contributed by atoms with Crippen LogP contribution in [0.1, 0.15) is 31.4 Å². The second-order valence-electron chi connectivity index (χ2n) is 4.82. The Morgan fingerprint density at radius 3 is 2.63 bits per heavy atom. The summed E-state index contributed by atoms with van der Waals surface area (Å²) in [5.41, 5.74) is 2.08. The van der Waals surface area contributed by atoms with E-state index in [1.54, 1.807) is 0 Å². The fourth-order valence-electron chi connectivity index (χ4n) is 1.68. The molecule has 104 valence electrons. The molecule has 19 heavy (non-hydrogen) atoms. The molecule has 1 rings (SSSR count). The number of nitrogens with one attached hydrogen (secondary N) is 2. The third-order valence-electron chi connectivity index (χ3n) is 2.91. The maximum Gasteiger partial charge on any atom is 0.239 e. The number of rotatable bonds is 6. The normalized spacial score (nSPS) is 11.7. The summed E-state index contributed by atoms with van der Waals surface area (Å²) >= 11 is 0. The lowest BCUT2D eigenvalue weighted by Gasteiger charge is -2.11. The summed E-state index contributed by atoms with van der Waals surface area (Å²) in [5, 5.41) is 5.43. The van der Waals surface area contributed by atoms with E-state index in [1.165, 1.54) is 0 Å². The molecular formula is C15H22N2O2. The summed E-state index contributed by atoms with van der Waals surface area (Å²) in [6.45, 7) is 5.96. The van der Waals surface area contributed by atoms with Crippen molar-refractivity contribution in [3.8, 4) is 0 Å². The lowest BCUT2D eigenvalue weighted by molar-refractivity contribution is -0.126. The Labute approximate surface area is 114 Å². The Morgan fingerprint density at radius 2 is 2.00 bits per heavy atom. The van der Waals surface area contributed by atoms with Crippen LogP contribution in [0, 0.1) is 6.92 Å². The summed E-state index contributed by atoms with van der Waals surface area (Å²) in [4.78, 5) is 23.2. The summed E-state index contributed by atoms with van der Waals surface area (Å²) in [7, 11) is 0. The summed E-state index contributed by atoms with van der Waals surface area (Å²) in [5.74, 6) is -0.281. The van der Waals surface area contributed by atoms with Gasteiger partial charge in [-0.25, -0.2) is 0 Å². The van der Waals surface area contributed by atoms with Crippen molar-refractivity contribution in [1.82, 2.24) is 10.6 Å². The molecule has 0 bridgehead atoms. The highest BCUT2D eigenvalue weighted by Gasteiger charge is 2.08. The van der Waals surface area contributed by atoms with Gasteiger partial charge in [0, 0.05) is 6.04 Å². The van der Waals surface area contributed by atoms with Crippen LogP contribution in [0.5, 0.6) is 0 Å². The van der Waals surface area contributed by atoms with E-state index in [0.717, 1.165) is 17.5 Å². The fraction of sp³-hybridized carbons (Fsp3) is 0.467. The first kappa shape index (κ1) is 15.2. The number of carbonyl (C=O) groups is 2. The van der Waals surface area contributed by atoms with Gasteiger partial charge in [-0.2, -0.15) is 0 Å². The van der Waals surface area contributed by atoms with Gasteiger partial charge in [0.25, 0.3) is 0 Å². The first-order chi connectivity index (χ1) is 9.01. The van der Waals surface area contributed by atoms with Crippen molar-refractivity contribution in [2.24, 2.45) is 0 Å². The number of hydrogen-bond donors (Lipinski definition) is 2. The molecule has 2 N–H and O–H groups in total. The molecule has 0 aromatic heterocycles. The molecule has 1 aromatic rings. The minimum atomic E-state index is -0.146. The lowest BCUT2D eigenvalue weighted by Crippen LogP contribution is -2.41. The third kappa shape index (κ3) is 6.04. The predicted octanol–water partition coefficient (Wildman–Crippen LogP) is 1.57. The van der Waals surface area contributed by atoms with Crippen LogP contribution in [0.3, 0.4) is 0 Å². The molecule has 0 aliphatic carbocycles. The zero-order valence-corrected chi connectivity index (χ0v) is 11.8. The van der Waals surface area contributed by atoms with E-state index in [2.05, 4.69) is 10.6 Å². The van der Waals surface area contributed by atoms with Gasteiger partial charge in [-0.3, -0.25) is 9.59 Å². The van der Waals surface area contributed by atoms with E-state index in [-0.39, 0.29) is 24.4 Å². The highest BCUT2D eigenvalue weighted by atomic mass is 16.2. The smallest absolute Gasteiger partial charge is 0.239 e. The van der Waals surface area contributed by atoms with Gasteiger partial charge >= 0.3 is 0 Å². The van der Waals surface area contributed by atoms with E-state index < -0.39 is 0 Å². The number of aryl methyl sites for hydroxylation is 1. The Balaban J connectivity index is 2.34.